The summed E-state index contributed by atoms with van der Waals surface area (Å²) >= 11 is 0. The molecule has 1 aliphatic rings. The van der Waals surface area contributed by atoms with Crippen molar-refractivity contribution in [2.75, 3.05) is 6.54 Å². The lowest BCUT2D eigenvalue weighted by Gasteiger charge is -2.15. The first-order valence-electron chi connectivity index (χ1n) is 6.76. The Hall–Kier alpha value is -1.81. The summed E-state index contributed by atoms with van der Waals surface area (Å²) < 4.78 is 5.53. The molecule has 1 aliphatic carbocycles. The summed E-state index contributed by atoms with van der Waals surface area (Å²) in [5.41, 5.74) is 6.73. The fourth-order valence-corrected chi connectivity index (χ4v) is 2.72. The van der Waals surface area contributed by atoms with Crippen molar-refractivity contribution in [3.05, 3.63) is 36.1 Å². The Morgan fingerprint density at radius 3 is 2.95 bits per heavy atom. The normalized spacial score (nSPS) is 22.8. The molecule has 3 N–H and O–H groups in total. The van der Waals surface area contributed by atoms with E-state index in [-0.39, 0.29) is 11.9 Å². The zero-order chi connectivity index (χ0) is 13.2. The van der Waals surface area contributed by atoms with Crippen LogP contribution in [0.25, 0.3) is 11.0 Å². The maximum absolute atomic E-state index is 12.0. The number of nitrogens with two attached hydrogens (primary N) is 1. The third kappa shape index (κ3) is 2.49. The number of carbonyl (C=O) groups is 1. The highest BCUT2D eigenvalue weighted by Gasteiger charge is 2.24. The van der Waals surface area contributed by atoms with Crippen molar-refractivity contribution in [2.24, 2.45) is 11.7 Å². The fourth-order valence-electron chi connectivity index (χ4n) is 2.72. The zero-order valence-electron chi connectivity index (χ0n) is 10.8. The van der Waals surface area contributed by atoms with Crippen LogP contribution >= 0.6 is 0 Å². The second kappa shape index (κ2) is 5.05. The highest BCUT2D eigenvalue weighted by atomic mass is 16.3. The molecule has 3 rings (SSSR count). The second-order valence-corrected chi connectivity index (χ2v) is 5.21. The van der Waals surface area contributed by atoms with Gasteiger partial charge in [-0.25, -0.2) is 0 Å². The molecule has 4 heteroatoms. The molecule has 0 spiro atoms. The van der Waals surface area contributed by atoms with E-state index in [4.69, 9.17) is 10.2 Å². The quantitative estimate of drug-likeness (QED) is 0.887. The predicted octanol–water partition coefficient (Wildman–Crippen LogP) is 2.29. The van der Waals surface area contributed by atoms with E-state index < -0.39 is 0 Å². The average molecular weight is 258 g/mol. The summed E-state index contributed by atoms with van der Waals surface area (Å²) in [5.74, 6) is 0.608. The van der Waals surface area contributed by atoms with Gasteiger partial charge in [0.15, 0.2) is 5.76 Å². The van der Waals surface area contributed by atoms with Crippen molar-refractivity contribution in [1.82, 2.24) is 5.32 Å². The average Bonchev–Trinajstić information content (AvgIpc) is 3.01. The molecule has 100 valence electrons. The van der Waals surface area contributed by atoms with Crippen molar-refractivity contribution in [2.45, 2.75) is 25.3 Å². The summed E-state index contributed by atoms with van der Waals surface area (Å²) in [6, 6.07) is 9.61. The minimum atomic E-state index is -0.157. The van der Waals surface area contributed by atoms with Crippen LogP contribution in [0, 0.1) is 5.92 Å². The van der Waals surface area contributed by atoms with Gasteiger partial charge in [0.25, 0.3) is 5.91 Å². The van der Waals surface area contributed by atoms with Gasteiger partial charge in [0.05, 0.1) is 0 Å². The maximum Gasteiger partial charge on any atom is 0.287 e. The SMILES string of the molecule is NC1CCCC1CNC(=O)c1cc2ccccc2o1. The van der Waals surface area contributed by atoms with Crippen molar-refractivity contribution < 1.29 is 9.21 Å². The maximum atomic E-state index is 12.0. The first-order chi connectivity index (χ1) is 9.24. The Labute approximate surface area is 112 Å². The van der Waals surface area contributed by atoms with Crippen molar-refractivity contribution in [3.8, 4) is 0 Å². The van der Waals surface area contributed by atoms with Crippen LogP contribution in [0.4, 0.5) is 0 Å². The van der Waals surface area contributed by atoms with Crippen molar-refractivity contribution in [3.63, 3.8) is 0 Å². The standard InChI is InChI=1S/C15H18N2O2/c16-12-6-3-5-11(12)9-17-15(18)14-8-10-4-1-2-7-13(10)19-14/h1-2,4,7-8,11-12H,3,5-6,9,16H2,(H,17,18). The molecule has 1 heterocycles. The third-order valence-electron chi connectivity index (χ3n) is 3.89. The Balaban J connectivity index is 1.66. The molecular weight excluding hydrogens is 240 g/mol. The lowest BCUT2D eigenvalue weighted by atomic mass is 10.0. The van der Waals surface area contributed by atoms with Crippen molar-refractivity contribution >= 4 is 16.9 Å². The lowest BCUT2D eigenvalue weighted by molar-refractivity contribution is 0.0921. The molecule has 1 fully saturated rings. The minimum Gasteiger partial charge on any atom is -0.451 e. The van der Waals surface area contributed by atoms with Crippen molar-refractivity contribution in [1.29, 1.82) is 0 Å². The van der Waals surface area contributed by atoms with Crippen LogP contribution in [-0.4, -0.2) is 18.5 Å². The number of fused-ring (bicyclic) bond motifs is 1. The number of amides is 1. The molecule has 2 aromatic rings. The van der Waals surface area contributed by atoms with E-state index in [2.05, 4.69) is 5.32 Å². The Morgan fingerprint density at radius 2 is 2.21 bits per heavy atom. The number of rotatable bonds is 3. The molecule has 2 atom stereocenters. The fraction of sp³-hybridized carbons (Fsp3) is 0.400. The summed E-state index contributed by atoms with van der Waals surface area (Å²) in [6.07, 6.45) is 3.32. The molecule has 19 heavy (non-hydrogen) atoms. The summed E-state index contributed by atoms with van der Waals surface area (Å²) in [5, 5.41) is 3.87. The van der Waals surface area contributed by atoms with Crippen LogP contribution in [0.3, 0.4) is 0 Å². The van der Waals surface area contributed by atoms with Gasteiger partial charge in [-0.15, -0.1) is 0 Å². The van der Waals surface area contributed by atoms with E-state index >= 15 is 0 Å². The first kappa shape index (κ1) is 12.2. The number of nitrogens with one attached hydrogen (secondary N) is 1. The number of carbonyl (C=O) groups excluding carboxylic acids is 1. The van der Waals surface area contributed by atoms with Gasteiger partial charge in [-0.1, -0.05) is 24.6 Å². The molecule has 0 bridgehead atoms. The number of hydrogen-bond acceptors (Lipinski definition) is 3. The predicted molar refractivity (Wildman–Crippen MR) is 73.9 cm³/mol. The molecule has 1 saturated carbocycles. The molecular formula is C15H18N2O2. The molecule has 2 unspecified atom stereocenters. The van der Waals surface area contributed by atoms with Gasteiger partial charge in [-0.3, -0.25) is 4.79 Å². The van der Waals surface area contributed by atoms with Crippen LogP contribution in [-0.2, 0) is 0 Å². The van der Waals surface area contributed by atoms with Crippen LogP contribution in [0.1, 0.15) is 29.8 Å². The Morgan fingerprint density at radius 1 is 1.37 bits per heavy atom. The van der Waals surface area contributed by atoms with Gasteiger partial charge in [-0.05, 0) is 30.9 Å². The number of hydrogen-bond donors (Lipinski definition) is 2. The summed E-state index contributed by atoms with van der Waals surface area (Å²) in [4.78, 5) is 12.0. The van der Waals surface area contributed by atoms with Crippen LogP contribution in [0.15, 0.2) is 34.7 Å². The van der Waals surface area contributed by atoms with Crippen LogP contribution in [0.5, 0.6) is 0 Å². The monoisotopic (exact) mass is 258 g/mol. The number of benzene rings is 1. The van der Waals surface area contributed by atoms with E-state index in [9.17, 15) is 4.79 Å². The topological polar surface area (TPSA) is 68.3 Å². The minimum absolute atomic E-state index is 0.157. The number of furan rings is 1. The summed E-state index contributed by atoms with van der Waals surface area (Å²) in [6.45, 7) is 0.636. The number of para-hydroxylation sites is 1. The molecule has 0 saturated heterocycles. The van der Waals surface area contributed by atoms with Gasteiger partial charge in [0.1, 0.15) is 5.58 Å². The smallest absolute Gasteiger partial charge is 0.287 e. The van der Waals surface area contributed by atoms with Crippen LogP contribution < -0.4 is 11.1 Å². The first-order valence-corrected chi connectivity index (χ1v) is 6.76. The van der Waals surface area contributed by atoms with Gasteiger partial charge in [0.2, 0.25) is 0 Å². The molecule has 1 aromatic heterocycles. The van der Waals surface area contributed by atoms with Gasteiger partial charge >= 0.3 is 0 Å². The highest BCUT2D eigenvalue weighted by Crippen LogP contribution is 2.23. The second-order valence-electron chi connectivity index (χ2n) is 5.21. The Kier molecular flexibility index (Phi) is 3.25. The Bertz CT molecular complexity index is 558. The van der Waals surface area contributed by atoms with Gasteiger partial charge in [0, 0.05) is 18.0 Å². The lowest BCUT2D eigenvalue weighted by Crippen LogP contribution is -2.35. The molecule has 0 aliphatic heterocycles. The molecule has 1 aromatic carbocycles. The van der Waals surface area contributed by atoms with E-state index in [1.807, 2.05) is 24.3 Å². The molecule has 1 amide bonds. The third-order valence-corrected chi connectivity index (χ3v) is 3.89. The largest absolute Gasteiger partial charge is 0.451 e. The van der Waals surface area contributed by atoms with E-state index in [0.29, 0.717) is 18.2 Å². The molecule has 0 radical (unpaired) electrons. The van der Waals surface area contributed by atoms with E-state index in [0.717, 1.165) is 30.2 Å². The zero-order valence-corrected chi connectivity index (χ0v) is 10.8. The van der Waals surface area contributed by atoms with E-state index in [1.165, 1.54) is 0 Å². The van der Waals surface area contributed by atoms with E-state index in [1.54, 1.807) is 6.07 Å². The van der Waals surface area contributed by atoms with Gasteiger partial charge in [-0.2, -0.15) is 0 Å². The van der Waals surface area contributed by atoms with Crippen LogP contribution in [0.2, 0.25) is 0 Å². The molecule has 4 nitrogen and oxygen atoms in total. The summed E-state index contributed by atoms with van der Waals surface area (Å²) in [7, 11) is 0. The van der Waals surface area contributed by atoms with Gasteiger partial charge < -0.3 is 15.5 Å². The highest BCUT2D eigenvalue weighted by molar-refractivity contribution is 5.96.